The fourth-order valence-corrected chi connectivity index (χ4v) is 4.54. The Balaban J connectivity index is 1.71. The maximum atomic E-state index is 14.4. The van der Waals surface area contributed by atoms with Crippen LogP contribution >= 0.6 is 0 Å². The number of carbonyl (C=O) groups is 1. The van der Waals surface area contributed by atoms with Crippen LogP contribution in [0.3, 0.4) is 0 Å². The Hall–Kier alpha value is -3.44. The molecule has 1 aliphatic rings. The first kappa shape index (κ1) is 23.7. The number of methoxy groups -OCH3 is 1. The number of aromatic nitrogens is 2. The highest BCUT2D eigenvalue weighted by Gasteiger charge is 2.38. The third kappa shape index (κ3) is 4.90. The molecule has 11 heteroatoms. The summed E-state index contributed by atoms with van der Waals surface area (Å²) in [6.45, 7) is 2.17. The third-order valence-corrected chi connectivity index (χ3v) is 6.40. The van der Waals surface area contributed by atoms with Crippen LogP contribution in [0, 0.1) is 5.82 Å². The Kier molecular flexibility index (Phi) is 6.09. The summed E-state index contributed by atoms with van der Waals surface area (Å²) in [6, 6.07) is 8.28. The van der Waals surface area contributed by atoms with E-state index >= 15 is 0 Å². The summed E-state index contributed by atoms with van der Waals surface area (Å²) >= 11 is 0. The smallest absolute Gasteiger partial charge is 0.257 e. The normalized spacial score (nSPS) is 17.2. The van der Waals surface area contributed by atoms with Crippen molar-refractivity contribution in [3.05, 3.63) is 59.5 Å². The molecular formula is C23H24FN3O6S. The van der Waals surface area contributed by atoms with Crippen LogP contribution in [-0.4, -0.2) is 49.7 Å². The van der Waals surface area contributed by atoms with Gasteiger partial charge in [-0.25, -0.2) is 12.8 Å². The number of nitrogens with one attached hydrogen (secondary N) is 1. The lowest BCUT2D eigenvalue weighted by Crippen LogP contribution is -2.35. The van der Waals surface area contributed by atoms with Crippen LogP contribution < -0.4 is 14.8 Å². The summed E-state index contributed by atoms with van der Waals surface area (Å²) < 4.78 is 56.7. The molecule has 2 aromatic carbocycles. The lowest BCUT2D eigenvalue weighted by atomic mass is 9.98. The largest absolute Gasteiger partial charge is 0.484 e. The van der Waals surface area contributed by atoms with E-state index in [1.165, 1.54) is 12.1 Å². The second kappa shape index (κ2) is 8.73. The number of carbonyl (C=O) groups excluding carboxylic acids is 1. The van der Waals surface area contributed by atoms with Crippen molar-refractivity contribution in [3.63, 3.8) is 0 Å². The minimum absolute atomic E-state index is 0.0785. The average molecular weight is 490 g/mol. The average Bonchev–Trinajstić information content (AvgIpc) is 3.29. The molecule has 1 aromatic heterocycles. The molecule has 0 spiro atoms. The molecule has 9 nitrogen and oxygen atoms in total. The Labute approximate surface area is 196 Å². The molecule has 3 aromatic rings. The van der Waals surface area contributed by atoms with Crippen LogP contribution in [0.15, 0.2) is 47.5 Å². The Bertz CT molecular complexity index is 1370. The van der Waals surface area contributed by atoms with Crippen LogP contribution in [0.5, 0.6) is 17.2 Å². The van der Waals surface area contributed by atoms with Gasteiger partial charge in [-0.3, -0.25) is 9.48 Å². The highest BCUT2D eigenvalue weighted by Crippen LogP contribution is 2.43. The van der Waals surface area contributed by atoms with Crippen LogP contribution in [-0.2, 0) is 28.0 Å². The summed E-state index contributed by atoms with van der Waals surface area (Å²) in [4.78, 5) is 12.5. The lowest BCUT2D eigenvalue weighted by Gasteiger charge is -2.22. The van der Waals surface area contributed by atoms with E-state index in [1.54, 1.807) is 37.2 Å². The predicted octanol–water partition coefficient (Wildman–Crippen LogP) is 3.35. The van der Waals surface area contributed by atoms with Gasteiger partial charge in [0.15, 0.2) is 15.7 Å². The number of sulfone groups is 1. The van der Waals surface area contributed by atoms with E-state index in [0.717, 1.165) is 18.4 Å². The first-order valence-corrected chi connectivity index (χ1v) is 12.2. The van der Waals surface area contributed by atoms with Gasteiger partial charge in [0.1, 0.15) is 33.6 Å². The minimum Gasteiger partial charge on any atom is -0.484 e. The van der Waals surface area contributed by atoms with Crippen LogP contribution in [0.1, 0.15) is 22.8 Å². The molecule has 180 valence electrons. The molecule has 0 bridgehead atoms. The molecule has 1 aliphatic heterocycles. The van der Waals surface area contributed by atoms with E-state index in [4.69, 9.17) is 14.2 Å². The van der Waals surface area contributed by atoms with Gasteiger partial charge in [0.05, 0.1) is 6.61 Å². The monoisotopic (exact) mass is 489 g/mol. The fraction of sp³-hybridized carbons (Fsp3) is 0.304. The number of halogens is 1. The minimum atomic E-state index is -3.73. The number of amides is 1. The molecule has 1 atom stereocenters. The Morgan fingerprint density at radius 2 is 2.06 bits per heavy atom. The zero-order valence-electron chi connectivity index (χ0n) is 19.1. The van der Waals surface area contributed by atoms with E-state index in [-0.39, 0.29) is 17.1 Å². The van der Waals surface area contributed by atoms with Gasteiger partial charge in [-0.15, -0.1) is 0 Å². The van der Waals surface area contributed by atoms with Gasteiger partial charge in [0.25, 0.3) is 5.91 Å². The van der Waals surface area contributed by atoms with Gasteiger partial charge < -0.3 is 19.5 Å². The van der Waals surface area contributed by atoms with Crippen molar-refractivity contribution < 1.29 is 31.8 Å². The van der Waals surface area contributed by atoms with Crippen molar-refractivity contribution in [2.24, 2.45) is 7.05 Å². The van der Waals surface area contributed by atoms with E-state index in [9.17, 15) is 17.6 Å². The summed E-state index contributed by atoms with van der Waals surface area (Å²) in [7, 11) is -0.431. The number of nitrogens with zero attached hydrogens (tertiary/aromatic N) is 2. The van der Waals surface area contributed by atoms with Crippen molar-refractivity contribution in [2.45, 2.75) is 23.8 Å². The van der Waals surface area contributed by atoms with Gasteiger partial charge in [-0.1, -0.05) is 0 Å². The number of anilines is 1. The maximum Gasteiger partial charge on any atom is 0.257 e. The molecule has 0 aliphatic carbocycles. The number of aryl methyl sites for hydroxylation is 1. The molecule has 0 saturated carbocycles. The van der Waals surface area contributed by atoms with Gasteiger partial charge in [-0.05, 0) is 31.2 Å². The molecule has 1 amide bonds. The fourth-order valence-electron chi connectivity index (χ4n) is 3.81. The molecular weight excluding hydrogens is 465 g/mol. The lowest BCUT2D eigenvalue weighted by molar-refractivity contribution is 0.0204. The van der Waals surface area contributed by atoms with Gasteiger partial charge in [0.2, 0.25) is 0 Å². The summed E-state index contributed by atoms with van der Waals surface area (Å²) in [6.07, 6.45) is 3.05. The number of ether oxygens (including phenoxy) is 3. The first-order valence-electron chi connectivity index (χ1n) is 10.3. The van der Waals surface area contributed by atoms with Gasteiger partial charge in [0, 0.05) is 56.3 Å². The van der Waals surface area contributed by atoms with Crippen molar-refractivity contribution in [2.75, 3.05) is 25.3 Å². The number of fused-ring (bicyclic) bond motifs is 1. The first-order chi connectivity index (χ1) is 16.0. The molecule has 0 saturated heterocycles. The molecule has 1 N–H and O–H groups in total. The number of hydrogen-bond donors (Lipinski definition) is 1. The topological polar surface area (TPSA) is 109 Å². The van der Waals surface area contributed by atoms with Crippen molar-refractivity contribution in [1.29, 1.82) is 0 Å². The molecule has 4 rings (SSSR count). The van der Waals surface area contributed by atoms with Crippen LogP contribution in [0.25, 0.3) is 0 Å². The third-order valence-electron chi connectivity index (χ3n) is 5.27. The maximum absolute atomic E-state index is 14.4. The summed E-state index contributed by atoms with van der Waals surface area (Å²) in [5.41, 5.74) is 0.243. The molecule has 0 fully saturated rings. The quantitative estimate of drug-likeness (QED) is 0.542. The molecule has 0 radical (unpaired) electrons. The number of rotatable bonds is 7. The second-order valence-electron chi connectivity index (χ2n) is 8.41. The Morgan fingerprint density at radius 1 is 1.29 bits per heavy atom. The van der Waals surface area contributed by atoms with Gasteiger partial charge in [-0.2, -0.15) is 5.10 Å². The predicted molar refractivity (Wildman–Crippen MR) is 122 cm³/mol. The van der Waals surface area contributed by atoms with Crippen molar-refractivity contribution >= 4 is 21.6 Å². The molecule has 1 unspecified atom stereocenters. The molecule has 34 heavy (non-hydrogen) atoms. The zero-order chi connectivity index (χ0) is 24.7. The van der Waals surface area contributed by atoms with E-state index in [0.29, 0.717) is 30.2 Å². The summed E-state index contributed by atoms with van der Waals surface area (Å²) in [5.74, 6) is -0.185. The van der Waals surface area contributed by atoms with E-state index in [2.05, 4.69) is 10.4 Å². The number of benzene rings is 2. The van der Waals surface area contributed by atoms with Crippen molar-refractivity contribution in [3.8, 4) is 17.2 Å². The van der Waals surface area contributed by atoms with Crippen molar-refractivity contribution in [1.82, 2.24) is 9.78 Å². The van der Waals surface area contributed by atoms with Crippen LogP contribution in [0.2, 0.25) is 0 Å². The van der Waals surface area contributed by atoms with Crippen LogP contribution in [0.4, 0.5) is 10.2 Å². The summed E-state index contributed by atoms with van der Waals surface area (Å²) in [5, 5.41) is 6.85. The van der Waals surface area contributed by atoms with E-state index < -0.39 is 32.1 Å². The Morgan fingerprint density at radius 3 is 2.68 bits per heavy atom. The zero-order valence-corrected chi connectivity index (χ0v) is 19.9. The number of hydrogen-bond acceptors (Lipinski definition) is 7. The second-order valence-corrected chi connectivity index (χ2v) is 10.4. The standard InChI is InChI=1S/C23H24FN3O6S/c1-23(13-31-3)12-16-18(32-15-5-6-20(17(24)11-15)34(4,29)30)9-14(10-19(16)33-23)22(28)25-21-7-8-27(2)26-21/h5-11H,12-13H2,1-4H3,(H,25,26,28). The van der Waals surface area contributed by atoms with E-state index in [1.807, 2.05) is 6.92 Å². The molecule has 2 heterocycles. The SMILES string of the molecule is COCC1(C)Cc2c(Oc3ccc(S(C)(=O)=O)c(F)c3)cc(C(=O)Nc3ccn(C)n3)cc2O1. The van der Waals surface area contributed by atoms with Gasteiger partial charge >= 0.3 is 0 Å². The highest BCUT2D eigenvalue weighted by atomic mass is 32.2. The highest BCUT2D eigenvalue weighted by molar-refractivity contribution is 7.90.